The molecule has 0 heterocycles. The van der Waals surface area contributed by atoms with Gasteiger partial charge in [0.1, 0.15) is 5.75 Å². The third-order valence-electron chi connectivity index (χ3n) is 4.64. The Labute approximate surface area is 163 Å². The Bertz CT molecular complexity index is 683. The van der Waals surface area contributed by atoms with E-state index in [1.807, 2.05) is 19.2 Å². The molecule has 146 valence electrons. The Morgan fingerprint density at radius 2 is 1.70 bits per heavy atom. The summed E-state index contributed by atoms with van der Waals surface area (Å²) in [5.41, 5.74) is 2.62. The first kappa shape index (κ1) is 20.8. The van der Waals surface area contributed by atoms with Gasteiger partial charge in [-0.3, -0.25) is 4.99 Å². The van der Waals surface area contributed by atoms with Crippen molar-refractivity contribution < 1.29 is 4.74 Å². The molecule has 2 aromatic carbocycles. The Morgan fingerprint density at radius 3 is 2.30 bits per heavy atom. The van der Waals surface area contributed by atoms with E-state index in [-0.39, 0.29) is 0 Å². The molecule has 0 radical (unpaired) electrons. The maximum absolute atomic E-state index is 5.20. The van der Waals surface area contributed by atoms with Gasteiger partial charge in [-0.05, 0) is 50.2 Å². The number of nitrogens with zero attached hydrogens (tertiary/aromatic N) is 2. The summed E-state index contributed by atoms with van der Waals surface area (Å²) in [5.74, 6) is 1.72. The van der Waals surface area contributed by atoms with Crippen LogP contribution in [-0.4, -0.2) is 58.2 Å². The van der Waals surface area contributed by atoms with Crippen molar-refractivity contribution in [3.63, 3.8) is 0 Å². The number of methoxy groups -OCH3 is 1. The molecule has 0 aliphatic rings. The minimum Gasteiger partial charge on any atom is -0.497 e. The number of nitrogens with one attached hydrogen (secondary N) is 2. The van der Waals surface area contributed by atoms with E-state index in [9.17, 15) is 0 Å². The second kappa shape index (κ2) is 11.2. The number of likely N-dealkylation sites (N-methyl/N-ethyl adjacent to an activating group) is 1. The molecule has 0 aliphatic carbocycles. The summed E-state index contributed by atoms with van der Waals surface area (Å²) in [6.45, 7) is 1.67. The van der Waals surface area contributed by atoms with Gasteiger partial charge in [0.15, 0.2) is 5.96 Å². The number of hydrogen-bond donors (Lipinski definition) is 2. The highest BCUT2D eigenvalue weighted by molar-refractivity contribution is 5.79. The van der Waals surface area contributed by atoms with E-state index in [2.05, 4.69) is 77.1 Å². The lowest BCUT2D eigenvalue weighted by Gasteiger charge is -2.25. The molecule has 0 saturated heterocycles. The Kier molecular flexibility index (Phi) is 8.65. The number of aliphatic imine (C=N–C) groups is 1. The first-order valence-corrected chi connectivity index (χ1v) is 9.40. The molecule has 0 fully saturated rings. The molecule has 0 aliphatic heterocycles. The van der Waals surface area contributed by atoms with Crippen LogP contribution in [0.1, 0.15) is 11.1 Å². The van der Waals surface area contributed by atoms with E-state index < -0.39 is 0 Å². The standard InChI is InChI=1S/C22H32N4O/c1-23-22(24-15-14-18-10-12-21(27-4)13-11-18)25-17-20(26(2)3)16-19-8-6-5-7-9-19/h5-13,20H,14-17H2,1-4H3,(H2,23,24,25). The van der Waals surface area contributed by atoms with E-state index >= 15 is 0 Å². The number of benzene rings is 2. The molecule has 5 heteroatoms. The van der Waals surface area contributed by atoms with Gasteiger partial charge in [-0.15, -0.1) is 0 Å². The predicted molar refractivity (Wildman–Crippen MR) is 114 cm³/mol. The van der Waals surface area contributed by atoms with Gasteiger partial charge in [0.05, 0.1) is 7.11 Å². The van der Waals surface area contributed by atoms with E-state index in [1.54, 1.807) is 7.11 Å². The summed E-state index contributed by atoms with van der Waals surface area (Å²) in [7, 11) is 7.74. The largest absolute Gasteiger partial charge is 0.497 e. The van der Waals surface area contributed by atoms with E-state index in [0.29, 0.717) is 6.04 Å². The maximum atomic E-state index is 5.20. The van der Waals surface area contributed by atoms with Gasteiger partial charge < -0.3 is 20.3 Å². The number of rotatable bonds is 9. The summed E-state index contributed by atoms with van der Waals surface area (Å²) < 4.78 is 5.20. The van der Waals surface area contributed by atoms with Crippen LogP contribution in [0.2, 0.25) is 0 Å². The van der Waals surface area contributed by atoms with Gasteiger partial charge in [-0.1, -0.05) is 42.5 Å². The maximum Gasteiger partial charge on any atom is 0.191 e. The highest BCUT2D eigenvalue weighted by Crippen LogP contribution is 2.11. The minimum absolute atomic E-state index is 0.396. The van der Waals surface area contributed by atoms with Crippen molar-refractivity contribution in [2.45, 2.75) is 18.9 Å². The molecule has 2 aromatic rings. The first-order chi connectivity index (χ1) is 13.1. The lowest BCUT2D eigenvalue weighted by Crippen LogP contribution is -2.46. The molecule has 0 saturated carbocycles. The van der Waals surface area contributed by atoms with Gasteiger partial charge in [0.25, 0.3) is 0 Å². The van der Waals surface area contributed by atoms with E-state index in [1.165, 1.54) is 11.1 Å². The van der Waals surface area contributed by atoms with Crippen LogP contribution in [0.15, 0.2) is 59.6 Å². The average Bonchev–Trinajstić information content (AvgIpc) is 2.70. The molecule has 2 N–H and O–H groups in total. The van der Waals surface area contributed by atoms with Crippen molar-refractivity contribution in [1.82, 2.24) is 15.5 Å². The topological polar surface area (TPSA) is 48.9 Å². The molecule has 5 nitrogen and oxygen atoms in total. The van der Waals surface area contributed by atoms with Crippen LogP contribution < -0.4 is 15.4 Å². The smallest absolute Gasteiger partial charge is 0.191 e. The fourth-order valence-corrected chi connectivity index (χ4v) is 2.88. The molecule has 27 heavy (non-hydrogen) atoms. The lowest BCUT2D eigenvalue weighted by atomic mass is 10.1. The van der Waals surface area contributed by atoms with Crippen molar-refractivity contribution in [2.24, 2.45) is 4.99 Å². The zero-order valence-electron chi connectivity index (χ0n) is 16.9. The zero-order chi connectivity index (χ0) is 19.5. The lowest BCUT2D eigenvalue weighted by molar-refractivity contribution is 0.290. The monoisotopic (exact) mass is 368 g/mol. The summed E-state index contributed by atoms with van der Waals surface area (Å²) >= 11 is 0. The van der Waals surface area contributed by atoms with Crippen LogP contribution in [0.3, 0.4) is 0 Å². The first-order valence-electron chi connectivity index (χ1n) is 9.40. The fourth-order valence-electron chi connectivity index (χ4n) is 2.88. The average molecular weight is 369 g/mol. The van der Waals surface area contributed by atoms with Crippen molar-refractivity contribution in [3.05, 3.63) is 65.7 Å². The second-order valence-electron chi connectivity index (χ2n) is 6.79. The Hall–Kier alpha value is -2.53. The quantitative estimate of drug-likeness (QED) is 0.528. The molecule has 0 bridgehead atoms. The summed E-state index contributed by atoms with van der Waals surface area (Å²) in [6.07, 6.45) is 1.94. The summed E-state index contributed by atoms with van der Waals surface area (Å²) in [4.78, 5) is 6.60. The Balaban J connectivity index is 1.78. The number of guanidine groups is 1. The number of ether oxygens (including phenoxy) is 1. The molecule has 0 amide bonds. The third kappa shape index (κ3) is 7.31. The fraction of sp³-hybridized carbons (Fsp3) is 0.409. The molecule has 1 unspecified atom stereocenters. The van der Waals surface area contributed by atoms with Crippen molar-refractivity contribution in [1.29, 1.82) is 0 Å². The third-order valence-corrected chi connectivity index (χ3v) is 4.64. The van der Waals surface area contributed by atoms with Gasteiger partial charge >= 0.3 is 0 Å². The van der Waals surface area contributed by atoms with Gasteiger partial charge in [0.2, 0.25) is 0 Å². The van der Waals surface area contributed by atoms with Crippen LogP contribution in [-0.2, 0) is 12.8 Å². The molecular weight excluding hydrogens is 336 g/mol. The van der Waals surface area contributed by atoms with Gasteiger partial charge in [-0.2, -0.15) is 0 Å². The zero-order valence-corrected chi connectivity index (χ0v) is 16.9. The second-order valence-corrected chi connectivity index (χ2v) is 6.79. The van der Waals surface area contributed by atoms with Crippen LogP contribution >= 0.6 is 0 Å². The van der Waals surface area contributed by atoms with Crippen LogP contribution in [0.4, 0.5) is 0 Å². The van der Waals surface area contributed by atoms with Crippen LogP contribution in [0, 0.1) is 0 Å². The highest BCUT2D eigenvalue weighted by atomic mass is 16.5. The molecular formula is C22H32N4O. The van der Waals surface area contributed by atoms with Crippen molar-refractivity contribution in [2.75, 3.05) is 41.3 Å². The van der Waals surface area contributed by atoms with Gasteiger partial charge in [-0.25, -0.2) is 0 Å². The van der Waals surface area contributed by atoms with E-state index in [4.69, 9.17) is 4.74 Å². The molecule has 1 atom stereocenters. The van der Waals surface area contributed by atoms with Crippen molar-refractivity contribution in [3.8, 4) is 5.75 Å². The van der Waals surface area contributed by atoms with Crippen LogP contribution in [0.5, 0.6) is 5.75 Å². The van der Waals surface area contributed by atoms with Gasteiger partial charge in [0, 0.05) is 26.2 Å². The molecule has 0 aromatic heterocycles. The summed E-state index contributed by atoms with van der Waals surface area (Å²) in [5, 5.41) is 6.85. The molecule has 0 spiro atoms. The minimum atomic E-state index is 0.396. The Morgan fingerprint density at radius 1 is 1.00 bits per heavy atom. The summed E-state index contributed by atoms with van der Waals surface area (Å²) in [6, 6.07) is 19.2. The van der Waals surface area contributed by atoms with Crippen LogP contribution in [0.25, 0.3) is 0 Å². The SMILES string of the molecule is CN=C(NCCc1ccc(OC)cc1)NCC(Cc1ccccc1)N(C)C. The predicted octanol–water partition coefficient (Wildman–Crippen LogP) is 2.58. The van der Waals surface area contributed by atoms with Crippen molar-refractivity contribution >= 4 is 5.96 Å². The highest BCUT2D eigenvalue weighted by Gasteiger charge is 2.13. The normalized spacial score (nSPS) is 12.7. The van der Waals surface area contributed by atoms with E-state index in [0.717, 1.165) is 37.6 Å². The molecule has 2 rings (SSSR count). The number of hydrogen-bond acceptors (Lipinski definition) is 3.